The van der Waals surface area contributed by atoms with E-state index >= 15 is 0 Å². The van der Waals surface area contributed by atoms with E-state index < -0.39 is 0 Å². The molecule has 0 aromatic heterocycles. The molecule has 0 aliphatic rings. The van der Waals surface area contributed by atoms with Crippen molar-refractivity contribution in [3.63, 3.8) is 0 Å². The smallest absolute Gasteiger partial charge is 0.319 e. The van der Waals surface area contributed by atoms with Gasteiger partial charge in [-0.25, -0.2) is 4.79 Å². The molecule has 0 heterocycles. The molecule has 0 saturated carbocycles. The summed E-state index contributed by atoms with van der Waals surface area (Å²) in [5, 5.41) is 14.6. The van der Waals surface area contributed by atoms with Gasteiger partial charge in [-0.2, -0.15) is 5.26 Å². The normalized spacial score (nSPS) is 11.8. The van der Waals surface area contributed by atoms with E-state index in [9.17, 15) is 4.79 Å². The molecule has 0 spiro atoms. The number of benzene rings is 1. The number of carbonyl (C=O) groups excluding carboxylic acids is 1. The second-order valence-corrected chi connectivity index (χ2v) is 7.10. The van der Waals surface area contributed by atoms with Crippen LogP contribution in [0.4, 0.5) is 10.5 Å². The van der Waals surface area contributed by atoms with Crippen molar-refractivity contribution in [1.29, 1.82) is 5.26 Å². The first-order valence-corrected chi connectivity index (χ1v) is 9.25. The average molecular weight is 350 g/mol. The van der Waals surface area contributed by atoms with Crippen molar-refractivity contribution in [2.24, 2.45) is 11.8 Å². The molecule has 24 heavy (non-hydrogen) atoms. The summed E-state index contributed by atoms with van der Waals surface area (Å²) in [7, 11) is 0. The van der Waals surface area contributed by atoms with Crippen LogP contribution in [0.3, 0.4) is 0 Å². The molecule has 0 fully saturated rings. The van der Waals surface area contributed by atoms with Gasteiger partial charge in [0.1, 0.15) is 0 Å². The van der Waals surface area contributed by atoms with Crippen molar-refractivity contribution in [3.8, 4) is 6.07 Å². The number of ether oxygens (including phenoxy) is 1. The standard InChI is InChI=1S/C18H27N3O2S/c1-14(2)12-23-10-6-9-20-18(22)21-16-7-4-5-8-17(16)24-13-15(3)11-19/h4-5,7-8,14-15H,6,9-10,12-13H2,1-3H3,(H2,20,21,22). The molecule has 0 saturated heterocycles. The average Bonchev–Trinajstić information content (AvgIpc) is 2.56. The van der Waals surface area contributed by atoms with E-state index in [1.165, 1.54) is 0 Å². The lowest BCUT2D eigenvalue weighted by Crippen LogP contribution is -2.30. The maximum atomic E-state index is 12.0. The molecule has 1 atom stereocenters. The van der Waals surface area contributed by atoms with Crippen molar-refractivity contribution in [3.05, 3.63) is 24.3 Å². The Morgan fingerprint density at radius 3 is 2.79 bits per heavy atom. The monoisotopic (exact) mass is 349 g/mol. The van der Waals surface area contributed by atoms with Crippen LogP contribution in [0.25, 0.3) is 0 Å². The predicted octanol–water partition coefficient (Wildman–Crippen LogP) is 4.12. The lowest BCUT2D eigenvalue weighted by atomic mass is 10.2. The highest BCUT2D eigenvalue weighted by Crippen LogP contribution is 2.28. The van der Waals surface area contributed by atoms with Crippen LogP contribution >= 0.6 is 11.8 Å². The highest BCUT2D eigenvalue weighted by atomic mass is 32.2. The molecule has 2 N–H and O–H groups in total. The van der Waals surface area contributed by atoms with Gasteiger partial charge in [0.25, 0.3) is 0 Å². The Labute approximate surface area is 149 Å². The quantitative estimate of drug-likeness (QED) is 0.492. The molecule has 1 unspecified atom stereocenters. The second kappa shape index (κ2) is 11.8. The first-order valence-electron chi connectivity index (χ1n) is 8.27. The largest absolute Gasteiger partial charge is 0.381 e. The third-order valence-corrected chi connectivity index (χ3v) is 4.38. The molecular weight excluding hydrogens is 322 g/mol. The van der Waals surface area contributed by atoms with Crippen LogP contribution in [-0.4, -0.2) is 31.5 Å². The summed E-state index contributed by atoms with van der Waals surface area (Å²) in [6.07, 6.45) is 0.788. The van der Waals surface area contributed by atoms with Crippen LogP contribution in [-0.2, 0) is 4.74 Å². The fourth-order valence-electron chi connectivity index (χ4n) is 1.81. The van der Waals surface area contributed by atoms with Crippen molar-refractivity contribution >= 4 is 23.5 Å². The predicted molar refractivity (Wildman–Crippen MR) is 99.2 cm³/mol. The van der Waals surface area contributed by atoms with Gasteiger partial charge in [-0.3, -0.25) is 0 Å². The lowest BCUT2D eigenvalue weighted by Gasteiger charge is -2.12. The molecule has 0 radical (unpaired) electrons. The molecule has 1 rings (SSSR count). The Balaban J connectivity index is 2.34. The summed E-state index contributed by atoms with van der Waals surface area (Å²) in [6.45, 7) is 8.08. The maximum absolute atomic E-state index is 12.0. The number of nitrogens with one attached hydrogen (secondary N) is 2. The van der Waals surface area contributed by atoms with Crippen LogP contribution < -0.4 is 10.6 Å². The van der Waals surface area contributed by atoms with Crippen LogP contribution in [0.1, 0.15) is 27.2 Å². The van der Waals surface area contributed by atoms with E-state index in [0.29, 0.717) is 24.8 Å². The Morgan fingerprint density at radius 1 is 1.33 bits per heavy atom. The van der Waals surface area contributed by atoms with Gasteiger partial charge in [-0.1, -0.05) is 26.0 Å². The number of hydrogen-bond acceptors (Lipinski definition) is 4. The number of nitriles is 1. The van der Waals surface area contributed by atoms with Gasteiger partial charge in [0, 0.05) is 30.4 Å². The molecule has 6 heteroatoms. The van der Waals surface area contributed by atoms with Crippen LogP contribution in [0.15, 0.2) is 29.2 Å². The van der Waals surface area contributed by atoms with Gasteiger partial charge in [-0.05, 0) is 31.4 Å². The zero-order valence-electron chi connectivity index (χ0n) is 14.7. The molecule has 1 aromatic rings. The molecule has 0 bridgehead atoms. The topological polar surface area (TPSA) is 74.2 Å². The lowest BCUT2D eigenvalue weighted by molar-refractivity contribution is 0.108. The third kappa shape index (κ3) is 8.80. The Hall–Kier alpha value is -1.71. The van der Waals surface area contributed by atoms with Crippen molar-refractivity contribution in [2.45, 2.75) is 32.1 Å². The molecule has 0 aliphatic carbocycles. The number of hydrogen-bond donors (Lipinski definition) is 2. The number of carbonyl (C=O) groups is 1. The fraction of sp³-hybridized carbons (Fsp3) is 0.556. The number of thioether (sulfide) groups is 1. The zero-order chi connectivity index (χ0) is 17.8. The zero-order valence-corrected chi connectivity index (χ0v) is 15.5. The van der Waals surface area contributed by atoms with Crippen molar-refractivity contribution in [1.82, 2.24) is 5.32 Å². The molecule has 132 valence electrons. The van der Waals surface area contributed by atoms with Gasteiger partial charge in [0.15, 0.2) is 0 Å². The Bertz CT molecular complexity index is 543. The summed E-state index contributed by atoms with van der Waals surface area (Å²) < 4.78 is 5.48. The number of nitrogens with zero attached hydrogens (tertiary/aromatic N) is 1. The number of rotatable bonds is 10. The summed E-state index contributed by atoms with van der Waals surface area (Å²) in [5.41, 5.74) is 0.765. The fourth-order valence-corrected chi connectivity index (χ4v) is 2.76. The summed E-state index contributed by atoms with van der Waals surface area (Å²) in [6, 6.07) is 9.61. The van der Waals surface area contributed by atoms with Gasteiger partial charge >= 0.3 is 6.03 Å². The molecule has 0 aliphatic heterocycles. The molecule has 5 nitrogen and oxygen atoms in total. The maximum Gasteiger partial charge on any atom is 0.319 e. The first-order chi connectivity index (χ1) is 11.5. The SMILES string of the molecule is CC(C)COCCCNC(=O)Nc1ccccc1SCC(C)C#N. The molecular formula is C18H27N3O2S. The molecule has 2 amide bonds. The highest BCUT2D eigenvalue weighted by Gasteiger charge is 2.08. The van der Waals surface area contributed by atoms with Gasteiger partial charge in [0.05, 0.1) is 17.7 Å². The minimum atomic E-state index is -0.222. The van der Waals surface area contributed by atoms with E-state index in [4.69, 9.17) is 10.00 Å². The third-order valence-electron chi connectivity index (χ3n) is 3.05. The van der Waals surface area contributed by atoms with Crippen LogP contribution in [0.5, 0.6) is 0 Å². The second-order valence-electron chi connectivity index (χ2n) is 6.04. The summed E-state index contributed by atoms with van der Waals surface area (Å²) in [5.74, 6) is 1.20. The van der Waals surface area contributed by atoms with E-state index in [0.717, 1.165) is 23.6 Å². The number of para-hydroxylation sites is 1. The van der Waals surface area contributed by atoms with Gasteiger partial charge in [-0.15, -0.1) is 11.8 Å². The summed E-state index contributed by atoms with van der Waals surface area (Å²) in [4.78, 5) is 12.9. The van der Waals surface area contributed by atoms with E-state index in [2.05, 4.69) is 30.6 Å². The van der Waals surface area contributed by atoms with Crippen LogP contribution in [0.2, 0.25) is 0 Å². The number of urea groups is 1. The number of anilines is 1. The van der Waals surface area contributed by atoms with E-state index in [-0.39, 0.29) is 11.9 Å². The van der Waals surface area contributed by atoms with Crippen molar-refractivity contribution in [2.75, 3.05) is 30.8 Å². The number of amides is 2. The van der Waals surface area contributed by atoms with Gasteiger partial charge < -0.3 is 15.4 Å². The highest BCUT2D eigenvalue weighted by molar-refractivity contribution is 7.99. The minimum Gasteiger partial charge on any atom is -0.381 e. The van der Waals surface area contributed by atoms with Gasteiger partial charge in [0.2, 0.25) is 0 Å². The van der Waals surface area contributed by atoms with E-state index in [1.54, 1.807) is 11.8 Å². The molecule has 1 aromatic carbocycles. The van der Waals surface area contributed by atoms with Crippen LogP contribution in [0, 0.1) is 23.2 Å². The summed E-state index contributed by atoms with van der Waals surface area (Å²) >= 11 is 1.57. The minimum absolute atomic E-state index is 0.0253. The first kappa shape index (κ1) is 20.3. The Kier molecular flexibility index (Phi) is 9.97. The van der Waals surface area contributed by atoms with Crippen molar-refractivity contribution < 1.29 is 9.53 Å². The Morgan fingerprint density at radius 2 is 2.08 bits per heavy atom. The van der Waals surface area contributed by atoms with E-state index in [1.807, 2.05) is 31.2 Å².